The van der Waals surface area contributed by atoms with E-state index in [1.54, 1.807) is 6.92 Å². The lowest BCUT2D eigenvalue weighted by atomic mass is 9.80. The second kappa shape index (κ2) is 7.75. The van der Waals surface area contributed by atoms with Crippen LogP contribution in [0.3, 0.4) is 0 Å². The van der Waals surface area contributed by atoms with Crippen LogP contribution >= 0.6 is 11.3 Å². The number of esters is 1. The number of hydrogen-bond donors (Lipinski definition) is 1. The average Bonchev–Trinajstić information content (AvgIpc) is 3.07. The summed E-state index contributed by atoms with van der Waals surface area (Å²) < 4.78 is 11.7. The van der Waals surface area contributed by atoms with Crippen LogP contribution in [0.5, 0.6) is 0 Å². The van der Waals surface area contributed by atoms with Gasteiger partial charge in [-0.05, 0) is 32.3 Å². The molecule has 0 saturated heterocycles. The summed E-state index contributed by atoms with van der Waals surface area (Å²) in [5.74, 6) is -1.48. The molecule has 1 amide bonds. The van der Waals surface area contributed by atoms with Gasteiger partial charge in [-0.3, -0.25) is 9.59 Å². The zero-order valence-electron chi connectivity index (χ0n) is 15.5. The number of Topliss-reactive ketones (excluding diaryl/α,β-unsaturated/α-hetero) is 1. The van der Waals surface area contributed by atoms with Gasteiger partial charge < -0.3 is 14.8 Å². The highest BCUT2D eigenvalue weighted by Gasteiger charge is 2.39. The second-order valence-corrected chi connectivity index (χ2v) is 7.99. The van der Waals surface area contributed by atoms with Crippen LogP contribution in [0.2, 0.25) is 0 Å². The SMILES string of the molecule is CCOC(=O)c1sc2ccccc2c1NC(=O)C1=COC2CCCCC2C1=O. The van der Waals surface area contributed by atoms with Crippen LogP contribution < -0.4 is 5.32 Å². The van der Waals surface area contributed by atoms with Gasteiger partial charge in [-0.15, -0.1) is 11.3 Å². The zero-order valence-corrected chi connectivity index (χ0v) is 16.3. The minimum atomic E-state index is -0.553. The average molecular weight is 399 g/mol. The molecule has 1 aromatic heterocycles. The predicted molar refractivity (Wildman–Crippen MR) is 106 cm³/mol. The molecule has 146 valence electrons. The molecule has 0 spiro atoms. The standard InChI is InChI=1S/C21H21NO5S/c1-2-26-21(25)19-17(13-8-4-6-10-16(13)28-19)22-20(24)14-11-27-15-9-5-3-7-12(15)18(14)23/h4,6,8,10-12,15H,2-3,5,7,9H2,1H3,(H,22,24). The van der Waals surface area contributed by atoms with Crippen molar-refractivity contribution in [1.82, 2.24) is 0 Å². The van der Waals surface area contributed by atoms with Crippen molar-refractivity contribution in [2.24, 2.45) is 5.92 Å². The maximum atomic E-state index is 12.9. The summed E-state index contributed by atoms with van der Waals surface area (Å²) in [6.07, 6.45) is 4.73. The van der Waals surface area contributed by atoms with Gasteiger partial charge in [0.15, 0.2) is 5.78 Å². The van der Waals surface area contributed by atoms with Crippen molar-refractivity contribution in [2.75, 3.05) is 11.9 Å². The Balaban J connectivity index is 1.65. The molecule has 0 bridgehead atoms. The molecule has 2 aliphatic rings. The van der Waals surface area contributed by atoms with E-state index in [2.05, 4.69) is 5.32 Å². The van der Waals surface area contributed by atoms with Gasteiger partial charge in [-0.2, -0.15) is 0 Å². The molecule has 1 aliphatic carbocycles. The monoisotopic (exact) mass is 399 g/mol. The molecule has 0 radical (unpaired) electrons. The minimum Gasteiger partial charge on any atom is -0.496 e. The van der Waals surface area contributed by atoms with E-state index in [-0.39, 0.29) is 30.0 Å². The van der Waals surface area contributed by atoms with E-state index >= 15 is 0 Å². The van der Waals surface area contributed by atoms with Crippen LogP contribution in [0.1, 0.15) is 42.3 Å². The number of carbonyl (C=O) groups is 3. The van der Waals surface area contributed by atoms with Crippen molar-refractivity contribution >= 4 is 44.8 Å². The Morgan fingerprint density at radius 3 is 2.86 bits per heavy atom. The molecule has 1 aliphatic heterocycles. The van der Waals surface area contributed by atoms with Crippen molar-refractivity contribution in [1.29, 1.82) is 0 Å². The molecule has 1 aromatic carbocycles. The van der Waals surface area contributed by atoms with E-state index in [0.717, 1.165) is 35.8 Å². The highest BCUT2D eigenvalue weighted by atomic mass is 32.1. The summed E-state index contributed by atoms with van der Waals surface area (Å²) in [7, 11) is 0. The number of anilines is 1. The molecule has 2 aromatic rings. The van der Waals surface area contributed by atoms with Gasteiger partial charge in [0.05, 0.1) is 24.5 Å². The fourth-order valence-electron chi connectivity index (χ4n) is 3.83. The largest absolute Gasteiger partial charge is 0.496 e. The Bertz CT molecular complexity index is 976. The topological polar surface area (TPSA) is 81.7 Å². The zero-order chi connectivity index (χ0) is 19.7. The molecular formula is C21H21NO5S. The Morgan fingerprint density at radius 2 is 2.04 bits per heavy atom. The van der Waals surface area contributed by atoms with E-state index < -0.39 is 11.9 Å². The van der Waals surface area contributed by atoms with Crippen molar-refractivity contribution in [3.8, 4) is 0 Å². The smallest absolute Gasteiger partial charge is 0.350 e. The summed E-state index contributed by atoms with van der Waals surface area (Å²) in [5.41, 5.74) is 0.386. The fraction of sp³-hybridized carbons (Fsp3) is 0.381. The molecule has 6 nitrogen and oxygen atoms in total. The van der Waals surface area contributed by atoms with Crippen molar-refractivity contribution in [2.45, 2.75) is 38.7 Å². The van der Waals surface area contributed by atoms with Crippen molar-refractivity contribution in [3.05, 3.63) is 41.0 Å². The highest BCUT2D eigenvalue weighted by Crippen LogP contribution is 2.38. The van der Waals surface area contributed by atoms with Crippen LogP contribution in [-0.2, 0) is 19.1 Å². The number of thiophene rings is 1. The third-order valence-corrected chi connectivity index (χ3v) is 6.36. The maximum absolute atomic E-state index is 12.9. The Kier molecular flexibility index (Phi) is 5.17. The summed E-state index contributed by atoms with van der Waals surface area (Å²) >= 11 is 1.25. The van der Waals surface area contributed by atoms with Gasteiger partial charge in [0.25, 0.3) is 5.91 Å². The fourth-order valence-corrected chi connectivity index (χ4v) is 4.88. The molecule has 7 heteroatoms. The number of fused-ring (bicyclic) bond motifs is 2. The summed E-state index contributed by atoms with van der Waals surface area (Å²) in [6.45, 7) is 1.97. The second-order valence-electron chi connectivity index (χ2n) is 6.94. The van der Waals surface area contributed by atoms with Gasteiger partial charge in [-0.25, -0.2) is 4.79 Å². The molecule has 2 unspecified atom stereocenters. The van der Waals surface area contributed by atoms with E-state index in [9.17, 15) is 14.4 Å². The van der Waals surface area contributed by atoms with Gasteiger partial charge in [0, 0.05) is 10.1 Å². The lowest BCUT2D eigenvalue weighted by molar-refractivity contribution is -0.129. The van der Waals surface area contributed by atoms with Crippen molar-refractivity contribution in [3.63, 3.8) is 0 Å². The minimum absolute atomic E-state index is 0.00763. The van der Waals surface area contributed by atoms with E-state index in [4.69, 9.17) is 9.47 Å². The lowest BCUT2D eigenvalue weighted by Gasteiger charge is -2.33. The summed E-state index contributed by atoms with van der Waals surface area (Å²) in [4.78, 5) is 38.4. The third-order valence-electron chi connectivity index (χ3n) is 5.20. The van der Waals surface area contributed by atoms with Crippen molar-refractivity contribution < 1.29 is 23.9 Å². The molecule has 1 N–H and O–H groups in total. The van der Waals surface area contributed by atoms with Gasteiger partial charge >= 0.3 is 5.97 Å². The first-order valence-corrected chi connectivity index (χ1v) is 10.3. The number of benzene rings is 1. The Hall–Kier alpha value is -2.67. The van der Waals surface area contributed by atoms with Gasteiger partial charge in [-0.1, -0.05) is 24.6 Å². The highest BCUT2D eigenvalue weighted by molar-refractivity contribution is 7.21. The Labute approximate surface area is 166 Å². The summed E-state index contributed by atoms with van der Waals surface area (Å²) in [5, 5.41) is 3.51. The van der Waals surface area contributed by atoms with Crippen LogP contribution in [0.25, 0.3) is 10.1 Å². The number of ether oxygens (including phenoxy) is 2. The molecule has 1 saturated carbocycles. The Morgan fingerprint density at radius 1 is 1.25 bits per heavy atom. The van der Waals surface area contributed by atoms with E-state index in [1.165, 1.54) is 17.6 Å². The first-order valence-electron chi connectivity index (χ1n) is 9.50. The number of amides is 1. The number of nitrogens with one attached hydrogen (secondary N) is 1. The van der Waals surface area contributed by atoms with Crippen LogP contribution in [0.15, 0.2) is 36.1 Å². The van der Waals surface area contributed by atoms with Gasteiger partial charge in [0.2, 0.25) is 0 Å². The molecule has 4 rings (SSSR count). The van der Waals surface area contributed by atoms with E-state index in [0.29, 0.717) is 10.6 Å². The van der Waals surface area contributed by atoms with Gasteiger partial charge in [0.1, 0.15) is 16.6 Å². The summed E-state index contributed by atoms with van der Waals surface area (Å²) in [6, 6.07) is 7.40. The molecular weight excluding hydrogens is 378 g/mol. The normalized spacial score (nSPS) is 21.5. The molecule has 1 fully saturated rings. The predicted octanol–water partition coefficient (Wildman–Crippen LogP) is 4.06. The lowest BCUT2D eigenvalue weighted by Crippen LogP contribution is -2.39. The van der Waals surface area contributed by atoms with Crippen LogP contribution in [0.4, 0.5) is 5.69 Å². The van der Waals surface area contributed by atoms with Crippen LogP contribution in [0, 0.1) is 5.92 Å². The number of ketones is 1. The first kappa shape index (κ1) is 18.7. The maximum Gasteiger partial charge on any atom is 0.350 e. The third kappa shape index (κ3) is 3.30. The molecule has 2 atom stereocenters. The molecule has 28 heavy (non-hydrogen) atoms. The number of carbonyl (C=O) groups excluding carboxylic acids is 3. The number of hydrogen-bond acceptors (Lipinski definition) is 6. The number of rotatable bonds is 4. The quantitative estimate of drug-likeness (QED) is 0.619. The first-order chi connectivity index (χ1) is 13.6. The van der Waals surface area contributed by atoms with E-state index in [1.807, 2.05) is 24.3 Å². The molecule has 2 heterocycles. The van der Waals surface area contributed by atoms with Crippen LogP contribution in [-0.4, -0.2) is 30.4 Å².